The van der Waals surface area contributed by atoms with E-state index in [9.17, 15) is 19.7 Å². The number of nitrogens with zero attached hydrogens (tertiary/aromatic N) is 1. The largest absolute Gasteiger partial charge is 0.468 e. The summed E-state index contributed by atoms with van der Waals surface area (Å²) in [5.41, 5.74) is -0.0423. The molecule has 0 aliphatic heterocycles. The molecule has 0 amide bonds. The van der Waals surface area contributed by atoms with Gasteiger partial charge in [0.15, 0.2) is 0 Å². The minimum atomic E-state index is -0.754. The van der Waals surface area contributed by atoms with Crippen molar-refractivity contribution < 1.29 is 24.0 Å². The Labute approximate surface area is 125 Å². The van der Waals surface area contributed by atoms with Crippen LogP contribution < -0.4 is 0 Å². The standard InChI is InChI=1S/C13H15NO6S/c1-3-20-12(15)8-11(13(16)19-2)21-10-6-4-9(5-7-10)14(17)18/h4-7,11H,3,8H2,1-2H3. The van der Waals surface area contributed by atoms with Crippen LogP contribution in [0.15, 0.2) is 29.2 Å². The molecule has 0 saturated carbocycles. The summed E-state index contributed by atoms with van der Waals surface area (Å²) < 4.78 is 9.46. The van der Waals surface area contributed by atoms with E-state index in [2.05, 4.69) is 4.74 Å². The Morgan fingerprint density at radius 2 is 1.95 bits per heavy atom. The predicted octanol–water partition coefficient (Wildman–Crippen LogP) is 2.18. The number of nitro benzene ring substituents is 1. The minimum Gasteiger partial charge on any atom is -0.468 e. The number of hydrogen-bond acceptors (Lipinski definition) is 7. The summed E-state index contributed by atoms with van der Waals surface area (Å²) in [6.07, 6.45) is -0.123. The van der Waals surface area contributed by atoms with Crippen molar-refractivity contribution in [1.29, 1.82) is 0 Å². The van der Waals surface area contributed by atoms with Crippen molar-refractivity contribution in [2.45, 2.75) is 23.5 Å². The Balaban J connectivity index is 2.78. The highest BCUT2D eigenvalue weighted by Gasteiger charge is 2.25. The quantitative estimate of drug-likeness (QED) is 0.329. The van der Waals surface area contributed by atoms with Crippen molar-refractivity contribution in [3.8, 4) is 0 Å². The Kier molecular flexibility index (Phi) is 6.67. The number of nitro groups is 1. The van der Waals surface area contributed by atoms with Crippen LogP contribution in [0, 0.1) is 10.1 Å². The van der Waals surface area contributed by atoms with Crippen LogP contribution in [0.4, 0.5) is 5.69 Å². The van der Waals surface area contributed by atoms with Gasteiger partial charge >= 0.3 is 11.9 Å². The lowest BCUT2D eigenvalue weighted by Gasteiger charge is -2.13. The highest BCUT2D eigenvalue weighted by atomic mass is 32.2. The van der Waals surface area contributed by atoms with Gasteiger partial charge in [0.1, 0.15) is 5.25 Å². The normalized spacial score (nSPS) is 11.5. The topological polar surface area (TPSA) is 95.7 Å². The van der Waals surface area contributed by atoms with Crippen molar-refractivity contribution >= 4 is 29.4 Å². The molecular formula is C13H15NO6S. The van der Waals surface area contributed by atoms with Crippen LogP contribution in [-0.4, -0.2) is 35.8 Å². The molecule has 0 radical (unpaired) electrons. The van der Waals surface area contributed by atoms with Crippen molar-refractivity contribution in [3.05, 3.63) is 34.4 Å². The van der Waals surface area contributed by atoms with E-state index in [-0.39, 0.29) is 18.7 Å². The first-order chi connectivity index (χ1) is 9.97. The highest BCUT2D eigenvalue weighted by molar-refractivity contribution is 8.00. The van der Waals surface area contributed by atoms with Gasteiger partial charge in [-0.3, -0.25) is 19.7 Å². The smallest absolute Gasteiger partial charge is 0.319 e. The number of rotatable bonds is 7. The Hall–Kier alpha value is -2.09. The fourth-order valence-electron chi connectivity index (χ4n) is 1.49. The van der Waals surface area contributed by atoms with Crippen LogP contribution in [0.1, 0.15) is 13.3 Å². The molecule has 7 nitrogen and oxygen atoms in total. The molecule has 1 atom stereocenters. The molecule has 0 saturated heterocycles. The lowest BCUT2D eigenvalue weighted by atomic mass is 10.3. The molecule has 0 N–H and O–H groups in total. The Morgan fingerprint density at radius 3 is 2.43 bits per heavy atom. The molecule has 1 unspecified atom stereocenters. The minimum absolute atomic E-state index is 0.0423. The van der Waals surface area contributed by atoms with Crippen molar-refractivity contribution in [2.24, 2.45) is 0 Å². The monoisotopic (exact) mass is 313 g/mol. The third kappa shape index (κ3) is 5.42. The number of non-ortho nitro benzene ring substituents is 1. The molecule has 0 aromatic heterocycles. The first-order valence-corrected chi connectivity index (χ1v) is 7.00. The number of esters is 2. The van der Waals surface area contributed by atoms with Gasteiger partial charge in [-0.25, -0.2) is 0 Å². The second kappa shape index (κ2) is 8.25. The van der Waals surface area contributed by atoms with Gasteiger partial charge < -0.3 is 9.47 Å². The van der Waals surface area contributed by atoms with Crippen molar-refractivity contribution in [2.75, 3.05) is 13.7 Å². The number of carbonyl (C=O) groups is 2. The van der Waals surface area contributed by atoms with Crippen molar-refractivity contribution in [3.63, 3.8) is 0 Å². The first-order valence-electron chi connectivity index (χ1n) is 6.12. The molecule has 0 heterocycles. The molecule has 8 heteroatoms. The van der Waals surface area contributed by atoms with E-state index in [1.807, 2.05) is 0 Å². The van der Waals surface area contributed by atoms with Crippen molar-refractivity contribution in [1.82, 2.24) is 0 Å². The fraction of sp³-hybridized carbons (Fsp3) is 0.385. The van der Waals surface area contributed by atoms with Gasteiger partial charge in [0.2, 0.25) is 0 Å². The molecular weight excluding hydrogens is 298 g/mol. The van der Waals surface area contributed by atoms with E-state index in [0.29, 0.717) is 4.90 Å². The van der Waals surface area contributed by atoms with Gasteiger partial charge in [0.25, 0.3) is 5.69 Å². The van der Waals surface area contributed by atoms with Crippen LogP contribution in [0.3, 0.4) is 0 Å². The SMILES string of the molecule is CCOC(=O)CC(Sc1ccc([N+](=O)[O-])cc1)C(=O)OC. The zero-order valence-electron chi connectivity index (χ0n) is 11.6. The summed E-state index contributed by atoms with van der Waals surface area (Å²) >= 11 is 1.10. The Morgan fingerprint density at radius 1 is 1.33 bits per heavy atom. The average molecular weight is 313 g/mol. The number of methoxy groups -OCH3 is 1. The van der Waals surface area contributed by atoms with Gasteiger partial charge in [-0.05, 0) is 19.1 Å². The molecule has 0 aliphatic rings. The van der Waals surface area contributed by atoms with Crippen LogP contribution in [-0.2, 0) is 19.1 Å². The lowest BCUT2D eigenvalue weighted by molar-refractivity contribution is -0.384. The number of hydrogen-bond donors (Lipinski definition) is 0. The van der Waals surface area contributed by atoms with E-state index in [1.165, 1.54) is 31.4 Å². The summed E-state index contributed by atoms with van der Waals surface area (Å²) in [4.78, 5) is 33.8. The van der Waals surface area contributed by atoms with Crippen LogP contribution >= 0.6 is 11.8 Å². The molecule has 0 fully saturated rings. The van der Waals surface area contributed by atoms with Gasteiger partial charge in [-0.1, -0.05) is 0 Å². The molecule has 0 spiro atoms. The van der Waals surface area contributed by atoms with Crippen LogP contribution in [0.5, 0.6) is 0 Å². The maximum Gasteiger partial charge on any atom is 0.319 e. The second-order valence-electron chi connectivity index (χ2n) is 3.89. The predicted molar refractivity (Wildman–Crippen MR) is 76.0 cm³/mol. The number of thioether (sulfide) groups is 1. The molecule has 0 aliphatic carbocycles. The van der Waals surface area contributed by atoms with Gasteiger partial charge in [-0.2, -0.15) is 0 Å². The fourth-order valence-corrected chi connectivity index (χ4v) is 2.52. The summed E-state index contributed by atoms with van der Waals surface area (Å²) in [6.45, 7) is 1.91. The van der Waals surface area contributed by atoms with Gasteiger partial charge in [0.05, 0.1) is 25.1 Å². The van der Waals surface area contributed by atoms with E-state index in [1.54, 1.807) is 6.92 Å². The van der Waals surface area contributed by atoms with E-state index >= 15 is 0 Å². The summed E-state index contributed by atoms with van der Waals surface area (Å²) in [5, 5.41) is 9.82. The molecule has 21 heavy (non-hydrogen) atoms. The second-order valence-corrected chi connectivity index (χ2v) is 5.17. The highest BCUT2D eigenvalue weighted by Crippen LogP contribution is 2.28. The number of benzene rings is 1. The average Bonchev–Trinajstić information content (AvgIpc) is 2.46. The maximum absolute atomic E-state index is 11.7. The van der Waals surface area contributed by atoms with Crippen LogP contribution in [0.2, 0.25) is 0 Å². The molecule has 114 valence electrons. The summed E-state index contributed by atoms with van der Waals surface area (Å²) in [6, 6.07) is 5.70. The molecule has 0 bridgehead atoms. The van der Waals surface area contributed by atoms with Gasteiger partial charge in [0, 0.05) is 17.0 Å². The van der Waals surface area contributed by atoms with E-state index in [4.69, 9.17) is 4.74 Å². The maximum atomic E-state index is 11.7. The lowest BCUT2D eigenvalue weighted by Crippen LogP contribution is -2.23. The molecule has 1 rings (SSSR count). The number of carbonyl (C=O) groups excluding carboxylic acids is 2. The first kappa shape index (κ1) is 17.0. The van der Waals surface area contributed by atoms with Crippen LogP contribution in [0.25, 0.3) is 0 Å². The van der Waals surface area contributed by atoms with Gasteiger partial charge in [-0.15, -0.1) is 11.8 Å². The molecule has 1 aromatic carbocycles. The summed E-state index contributed by atoms with van der Waals surface area (Å²) in [7, 11) is 1.23. The zero-order chi connectivity index (χ0) is 15.8. The third-order valence-electron chi connectivity index (χ3n) is 2.45. The zero-order valence-corrected chi connectivity index (χ0v) is 12.4. The number of ether oxygens (including phenoxy) is 2. The Bertz CT molecular complexity index is 516. The summed E-state index contributed by atoms with van der Waals surface area (Å²) in [5.74, 6) is -1.05. The van der Waals surface area contributed by atoms with E-state index in [0.717, 1.165) is 11.8 Å². The third-order valence-corrected chi connectivity index (χ3v) is 3.64. The molecule has 1 aromatic rings. The van der Waals surface area contributed by atoms with E-state index < -0.39 is 22.1 Å².